The van der Waals surface area contributed by atoms with Crippen molar-refractivity contribution in [3.8, 4) is 0 Å². The first kappa shape index (κ1) is 18.1. The number of hydrogen-bond acceptors (Lipinski definition) is 4. The van der Waals surface area contributed by atoms with Crippen LogP contribution >= 0.6 is 11.3 Å². The molecule has 2 aromatic heterocycles. The summed E-state index contributed by atoms with van der Waals surface area (Å²) in [6.45, 7) is 9.23. The van der Waals surface area contributed by atoms with Crippen LogP contribution in [0.25, 0.3) is 0 Å². The molecule has 6 heteroatoms. The molecule has 1 atom stereocenters. The van der Waals surface area contributed by atoms with E-state index in [4.69, 9.17) is 0 Å². The van der Waals surface area contributed by atoms with Gasteiger partial charge >= 0.3 is 0 Å². The van der Waals surface area contributed by atoms with Crippen molar-refractivity contribution in [3.63, 3.8) is 0 Å². The van der Waals surface area contributed by atoms with Crippen LogP contribution in [-0.4, -0.2) is 27.2 Å². The molecule has 1 aliphatic carbocycles. The standard InChI is InChI=1S/C19H28N4OS/c1-5-13(4)23-17(14-6-7-14)16(10-21-23)18(24)20-9-8-15-11-25-19(22-15)12(2)3/h10-14H,5-9H2,1-4H3,(H,20,24)/t13-/m1/s1. The van der Waals surface area contributed by atoms with Gasteiger partial charge in [-0.25, -0.2) is 4.98 Å². The van der Waals surface area contributed by atoms with Crippen LogP contribution < -0.4 is 5.32 Å². The van der Waals surface area contributed by atoms with Gasteiger partial charge in [-0.05, 0) is 26.2 Å². The molecule has 1 saturated carbocycles. The molecule has 0 aromatic carbocycles. The molecule has 2 heterocycles. The first-order valence-electron chi connectivity index (χ1n) is 9.31. The van der Waals surface area contributed by atoms with Crippen molar-refractivity contribution in [2.24, 2.45) is 0 Å². The Morgan fingerprint density at radius 3 is 2.76 bits per heavy atom. The quantitative estimate of drug-likeness (QED) is 0.764. The van der Waals surface area contributed by atoms with Gasteiger partial charge in [-0.3, -0.25) is 9.48 Å². The van der Waals surface area contributed by atoms with Crippen LogP contribution in [0.2, 0.25) is 0 Å². The molecule has 1 aliphatic rings. The van der Waals surface area contributed by atoms with Gasteiger partial charge in [0.2, 0.25) is 0 Å². The zero-order valence-electron chi connectivity index (χ0n) is 15.6. The number of nitrogens with zero attached hydrogens (tertiary/aromatic N) is 3. The summed E-state index contributed by atoms with van der Waals surface area (Å²) in [5.41, 5.74) is 2.94. The molecule has 0 saturated heterocycles. The van der Waals surface area contributed by atoms with Crippen molar-refractivity contribution in [1.29, 1.82) is 0 Å². The highest BCUT2D eigenvalue weighted by molar-refractivity contribution is 7.09. The number of rotatable bonds is 8. The third kappa shape index (κ3) is 4.11. The molecule has 136 valence electrons. The van der Waals surface area contributed by atoms with Crippen molar-refractivity contribution in [1.82, 2.24) is 20.1 Å². The van der Waals surface area contributed by atoms with Gasteiger partial charge in [-0.1, -0.05) is 20.8 Å². The van der Waals surface area contributed by atoms with Crippen molar-refractivity contribution in [3.05, 3.63) is 33.5 Å². The molecule has 3 rings (SSSR count). The van der Waals surface area contributed by atoms with Crippen LogP contribution in [0.1, 0.15) is 91.6 Å². The highest BCUT2D eigenvalue weighted by atomic mass is 32.1. The second-order valence-corrected chi connectivity index (χ2v) is 8.15. The molecule has 1 N–H and O–H groups in total. The fourth-order valence-electron chi connectivity index (χ4n) is 2.94. The first-order valence-corrected chi connectivity index (χ1v) is 10.2. The monoisotopic (exact) mass is 360 g/mol. The maximum absolute atomic E-state index is 12.6. The molecule has 0 radical (unpaired) electrons. The Morgan fingerprint density at radius 2 is 2.16 bits per heavy atom. The van der Waals surface area contributed by atoms with E-state index in [1.807, 2.05) is 0 Å². The van der Waals surface area contributed by atoms with E-state index < -0.39 is 0 Å². The third-order valence-electron chi connectivity index (χ3n) is 4.78. The summed E-state index contributed by atoms with van der Waals surface area (Å²) in [4.78, 5) is 17.3. The summed E-state index contributed by atoms with van der Waals surface area (Å²) in [7, 11) is 0. The van der Waals surface area contributed by atoms with Crippen molar-refractivity contribution >= 4 is 17.2 Å². The van der Waals surface area contributed by atoms with E-state index >= 15 is 0 Å². The maximum Gasteiger partial charge on any atom is 0.254 e. The van der Waals surface area contributed by atoms with Crippen LogP contribution in [0.3, 0.4) is 0 Å². The minimum Gasteiger partial charge on any atom is -0.352 e. The summed E-state index contributed by atoms with van der Waals surface area (Å²) in [6, 6.07) is 0.335. The lowest BCUT2D eigenvalue weighted by atomic mass is 10.1. The lowest BCUT2D eigenvalue weighted by Gasteiger charge is -2.14. The highest BCUT2D eigenvalue weighted by Gasteiger charge is 2.33. The van der Waals surface area contributed by atoms with E-state index in [0.29, 0.717) is 24.4 Å². The van der Waals surface area contributed by atoms with Gasteiger partial charge in [0.15, 0.2) is 0 Å². The van der Waals surface area contributed by atoms with Gasteiger partial charge in [0.25, 0.3) is 5.91 Å². The van der Waals surface area contributed by atoms with Gasteiger partial charge in [-0.2, -0.15) is 5.10 Å². The molecule has 1 fully saturated rings. The fourth-order valence-corrected chi connectivity index (χ4v) is 3.81. The van der Waals surface area contributed by atoms with Crippen molar-refractivity contribution < 1.29 is 4.79 Å². The molecule has 0 unspecified atom stereocenters. The Balaban J connectivity index is 1.62. The minimum absolute atomic E-state index is 0.00392. The summed E-state index contributed by atoms with van der Waals surface area (Å²) >= 11 is 1.70. The number of carbonyl (C=O) groups excluding carboxylic acids is 1. The molecule has 5 nitrogen and oxygen atoms in total. The van der Waals surface area contributed by atoms with E-state index in [9.17, 15) is 4.79 Å². The van der Waals surface area contributed by atoms with Crippen LogP contribution in [0.4, 0.5) is 0 Å². The molecular weight excluding hydrogens is 332 g/mol. The Bertz CT molecular complexity index is 730. The van der Waals surface area contributed by atoms with Gasteiger partial charge in [0.1, 0.15) is 0 Å². The average molecular weight is 361 g/mol. The van der Waals surface area contributed by atoms with Gasteiger partial charge in [0.05, 0.1) is 28.2 Å². The molecule has 0 spiro atoms. The fraction of sp³-hybridized carbons (Fsp3) is 0.632. The maximum atomic E-state index is 12.6. The van der Waals surface area contributed by atoms with Crippen LogP contribution in [-0.2, 0) is 6.42 Å². The lowest BCUT2D eigenvalue weighted by Crippen LogP contribution is -2.26. The summed E-state index contributed by atoms with van der Waals surface area (Å²) in [5, 5.41) is 10.8. The summed E-state index contributed by atoms with van der Waals surface area (Å²) in [6.07, 6.45) is 5.87. The van der Waals surface area contributed by atoms with E-state index in [1.54, 1.807) is 17.5 Å². The van der Waals surface area contributed by atoms with Crippen molar-refractivity contribution in [2.75, 3.05) is 6.54 Å². The second kappa shape index (κ2) is 7.68. The topological polar surface area (TPSA) is 59.8 Å². The van der Waals surface area contributed by atoms with E-state index in [2.05, 4.69) is 53.2 Å². The first-order chi connectivity index (χ1) is 12.0. The lowest BCUT2D eigenvalue weighted by molar-refractivity contribution is 0.0953. The molecule has 2 aromatic rings. The SMILES string of the molecule is CC[C@@H](C)n1ncc(C(=O)NCCc2csc(C(C)C)n2)c1C1CC1. The van der Waals surface area contributed by atoms with Gasteiger partial charge in [0, 0.05) is 36.2 Å². The smallest absolute Gasteiger partial charge is 0.254 e. The number of nitrogens with one attached hydrogen (secondary N) is 1. The molecule has 25 heavy (non-hydrogen) atoms. The van der Waals surface area contributed by atoms with E-state index in [0.717, 1.165) is 34.8 Å². The molecule has 0 aliphatic heterocycles. The number of hydrogen-bond donors (Lipinski definition) is 1. The Morgan fingerprint density at radius 1 is 1.40 bits per heavy atom. The van der Waals surface area contributed by atoms with Crippen LogP contribution in [0.15, 0.2) is 11.6 Å². The molecule has 1 amide bonds. The van der Waals surface area contributed by atoms with Gasteiger partial charge < -0.3 is 5.32 Å². The Labute approximate surface area is 153 Å². The Kier molecular flexibility index (Phi) is 5.57. The largest absolute Gasteiger partial charge is 0.352 e. The van der Waals surface area contributed by atoms with Gasteiger partial charge in [-0.15, -0.1) is 11.3 Å². The average Bonchev–Trinajstić information content (AvgIpc) is 3.15. The van der Waals surface area contributed by atoms with E-state index in [-0.39, 0.29) is 5.91 Å². The third-order valence-corrected chi connectivity index (χ3v) is 5.98. The summed E-state index contributed by atoms with van der Waals surface area (Å²) < 4.78 is 2.06. The Hall–Kier alpha value is -1.69. The van der Waals surface area contributed by atoms with Crippen LogP contribution in [0.5, 0.6) is 0 Å². The predicted molar refractivity (Wildman–Crippen MR) is 101 cm³/mol. The van der Waals surface area contributed by atoms with Crippen LogP contribution in [0, 0.1) is 0 Å². The number of carbonyl (C=O) groups is 1. The normalized spacial score (nSPS) is 15.6. The highest BCUT2D eigenvalue weighted by Crippen LogP contribution is 2.42. The summed E-state index contributed by atoms with van der Waals surface area (Å²) in [5.74, 6) is 0.959. The zero-order valence-corrected chi connectivity index (χ0v) is 16.4. The number of amides is 1. The molecular formula is C19H28N4OS. The predicted octanol–water partition coefficient (Wildman–Crippen LogP) is 4.28. The number of aromatic nitrogens is 3. The van der Waals surface area contributed by atoms with E-state index in [1.165, 1.54) is 12.8 Å². The zero-order chi connectivity index (χ0) is 18.0. The number of thiazole rings is 1. The second-order valence-electron chi connectivity index (χ2n) is 7.26. The minimum atomic E-state index is -0.00392. The van der Waals surface area contributed by atoms with Crippen molar-refractivity contribution in [2.45, 2.75) is 71.3 Å². The molecule has 0 bridgehead atoms.